The third kappa shape index (κ3) is 4.10. The average molecular weight is 278 g/mol. The highest BCUT2D eigenvalue weighted by molar-refractivity contribution is 5.08. The van der Waals surface area contributed by atoms with Crippen LogP contribution in [0.25, 0.3) is 0 Å². The molecular weight excluding hydrogens is 248 g/mol. The molecule has 2 atom stereocenters. The average Bonchev–Trinajstić information content (AvgIpc) is 2.95. The number of rotatable bonds is 5. The predicted octanol–water partition coefficient (Wildman–Crippen LogP) is 3.93. The molecule has 1 aromatic rings. The van der Waals surface area contributed by atoms with Crippen molar-refractivity contribution in [2.45, 2.75) is 84.6 Å². The highest BCUT2D eigenvalue weighted by Crippen LogP contribution is 2.28. The van der Waals surface area contributed by atoms with E-state index in [2.05, 4.69) is 57.0 Å². The summed E-state index contributed by atoms with van der Waals surface area (Å²) in [5.41, 5.74) is 0.129. The van der Waals surface area contributed by atoms with Crippen LogP contribution in [0, 0.1) is 0 Å². The van der Waals surface area contributed by atoms with Crippen LogP contribution in [-0.4, -0.2) is 22.5 Å². The van der Waals surface area contributed by atoms with Gasteiger partial charge in [-0.3, -0.25) is 4.90 Å². The van der Waals surface area contributed by atoms with Gasteiger partial charge in [-0.2, -0.15) is 0 Å². The minimum absolute atomic E-state index is 0.129. The van der Waals surface area contributed by atoms with Crippen LogP contribution in [0.5, 0.6) is 0 Å². The van der Waals surface area contributed by atoms with Crippen molar-refractivity contribution in [3.8, 4) is 0 Å². The van der Waals surface area contributed by atoms with Gasteiger partial charge in [0.15, 0.2) is 0 Å². The minimum atomic E-state index is 0.129. The maximum atomic E-state index is 5.98. The Morgan fingerprint density at radius 1 is 1.25 bits per heavy atom. The Hall–Kier alpha value is -0.800. The summed E-state index contributed by atoms with van der Waals surface area (Å²) in [6, 6.07) is 5.65. The monoisotopic (exact) mass is 278 g/mol. The molecule has 2 heterocycles. The number of nitrogens with zero attached hydrogens (tertiary/aromatic N) is 1. The molecule has 0 saturated carbocycles. The van der Waals surface area contributed by atoms with Gasteiger partial charge in [0.25, 0.3) is 0 Å². The van der Waals surface area contributed by atoms with Gasteiger partial charge in [-0.15, -0.1) is 0 Å². The van der Waals surface area contributed by atoms with Crippen molar-refractivity contribution in [2.75, 3.05) is 0 Å². The first-order valence-corrected chi connectivity index (χ1v) is 7.97. The van der Waals surface area contributed by atoms with Gasteiger partial charge in [-0.1, -0.05) is 6.92 Å². The molecule has 1 N–H and O–H groups in total. The van der Waals surface area contributed by atoms with Crippen molar-refractivity contribution in [3.63, 3.8) is 0 Å². The van der Waals surface area contributed by atoms with Crippen molar-refractivity contribution in [1.29, 1.82) is 0 Å². The first-order chi connectivity index (χ1) is 9.39. The van der Waals surface area contributed by atoms with Gasteiger partial charge in [-0.05, 0) is 59.1 Å². The van der Waals surface area contributed by atoms with Gasteiger partial charge in [-0.25, -0.2) is 0 Å². The van der Waals surface area contributed by atoms with Crippen LogP contribution in [-0.2, 0) is 13.1 Å². The van der Waals surface area contributed by atoms with Crippen LogP contribution < -0.4 is 5.32 Å². The second-order valence-corrected chi connectivity index (χ2v) is 7.13. The molecule has 1 fully saturated rings. The SMILES string of the molecule is CCC1CCC(C)N1Cc1ccc(CNC(C)(C)C)o1. The summed E-state index contributed by atoms with van der Waals surface area (Å²) in [5, 5.41) is 3.47. The molecule has 1 aliphatic rings. The molecule has 0 spiro atoms. The number of likely N-dealkylation sites (tertiary alicyclic amines) is 1. The zero-order valence-corrected chi connectivity index (χ0v) is 13.7. The fraction of sp³-hybridized carbons (Fsp3) is 0.765. The molecule has 1 aliphatic heterocycles. The third-order valence-electron chi connectivity index (χ3n) is 4.27. The summed E-state index contributed by atoms with van der Waals surface area (Å²) in [6.45, 7) is 12.9. The fourth-order valence-corrected chi connectivity index (χ4v) is 2.98. The summed E-state index contributed by atoms with van der Waals surface area (Å²) in [4.78, 5) is 2.60. The lowest BCUT2D eigenvalue weighted by Crippen LogP contribution is -2.35. The van der Waals surface area contributed by atoms with E-state index in [4.69, 9.17) is 4.42 Å². The quantitative estimate of drug-likeness (QED) is 0.884. The van der Waals surface area contributed by atoms with E-state index >= 15 is 0 Å². The molecule has 0 aliphatic carbocycles. The molecule has 0 aromatic carbocycles. The van der Waals surface area contributed by atoms with Crippen molar-refractivity contribution < 1.29 is 4.42 Å². The van der Waals surface area contributed by atoms with E-state index in [-0.39, 0.29) is 5.54 Å². The Morgan fingerprint density at radius 2 is 1.95 bits per heavy atom. The summed E-state index contributed by atoms with van der Waals surface area (Å²) >= 11 is 0. The van der Waals surface area contributed by atoms with Gasteiger partial charge < -0.3 is 9.73 Å². The molecule has 3 heteroatoms. The smallest absolute Gasteiger partial charge is 0.118 e. The van der Waals surface area contributed by atoms with E-state index in [1.807, 2.05) is 0 Å². The van der Waals surface area contributed by atoms with Gasteiger partial charge >= 0.3 is 0 Å². The van der Waals surface area contributed by atoms with E-state index < -0.39 is 0 Å². The predicted molar refractivity (Wildman–Crippen MR) is 83.6 cm³/mol. The standard InChI is InChI=1S/C17H30N2O/c1-6-14-8-7-13(2)19(14)12-16-10-9-15(20-16)11-18-17(3,4)5/h9-10,13-14,18H,6-8,11-12H2,1-5H3. The van der Waals surface area contributed by atoms with Crippen LogP contribution in [0.1, 0.15) is 65.4 Å². The van der Waals surface area contributed by atoms with E-state index in [0.29, 0.717) is 6.04 Å². The van der Waals surface area contributed by atoms with Crippen LogP contribution in [0.15, 0.2) is 16.5 Å². The molecule has 2 rings (SSSR count). The minimum Gasteiger partial charge on any atom is -0.463 e. The first-order valence-electron chi connectivity index (χ1n) is 7.97. The number of hydrogen-bond donors (Lipinski definition) is 1. The zero-order chi connectivity index (χ0) is 14.8. The van der Waals surface area contributed by atoms with E-state index in [1.165, 1.54) is 19.3 Å². The molecule has 3 nitrogen and oxygen atoms in total. The van der Waals surface area contributed by atoms with Crippen LogP contribution in [0.2, 0.25) is 0 Å². The summed E-state index contributed by atoms with van der Waals surface area (Å²) < 4.78 is 5.98. The van der Waals surface area contributed by atoms with Gasteiger partial charge in [0, 0.05) is 17.6 Å². The highest BCUT2D eigenvalue weighted by atomic mass is 16.3. The van der Waals surface area contributed by atoms with E-state index in [0.717, 1.165) is 30.7 Å². The van der Waals surface area contributed by atoms with Crippen molar-refractivity contribution in [3.05, 3.63) is 23.7 Å². The molecule has 2 unspecified atom stereocenters. The molecule has 0 bridgehead atoms. The highest BCUT2D eigenvalue weighted by Gasteiger charge is 2.29. The summed E-state index contributed by atoms with van der Waals surface area (Å²) in [6.07, 6.45) is 3.89. The largest absolute Gasteiger partial charge is 0.463 e. The van der Waals surface area contributed by atoms with Gasteiger partial charge in [0.1, 0.15) is 11.5 Å². The molecular formula is C17H30N2O. The second kappa shape index (κ2) is 6.31. The maximum absolute atomic E-state index is 5.98. The van der Waals surface area contributed by atoms with Crippen molar-refractivity contribution in [1.82, 2.24) is 10.2 Å². The Balaban J connectivity index is 1.92. The topological polar surface area (TPSA) is 28.4 Å². The molecule has 114 valence electrons. The Kier molecular flexibility index (Phi) is 4.92. The van der Waals surface area contributed by atoms with Gasteiger partial charge in [0.2, 0.25) is 0 Å². The van der Waals surface area contributed by atoms with E-state index in [9.17, 15) is 0 Å². The maximum Gasteiger partial charge on any atom is 0.118 e. The van der Waals surface area contributed by atoms with Crippen LogP contribution >= 0.6 is 0 Å². The number of nitrogens with one attached hydrogen (secondary N) is 1. The molecule has 0 amide bonds. The third-order valence-corrected chi connectivity index (χ3v) is 4.27. The van der Waals surface area contributed by atoms with E-state index in [1.54, 1.807) is 0 Å². The second-order valence-electron chi connectivity index (χ2n) is 7.13. The lowest BCUT2D eigenvalue weighted by molar-refractivity contribution is 0.173. The fourth-order valence-electron chi connectivity index (χ4n) is 2.98. The lowest BCUT2D eigenvalue weighted by atomic mass is 10.1. The first kappa shape index (κ1) is 15.6. The Bertz CT molecular complexity index is 419. The summed E-state index contributed by atoms with van der Waals surface area (Å²) in [5.74, 6) is 2.14. The Labute approximate surface area is 123 Å². The summed E-state index contributed by atoms with van der Waals surface area (Å²) in [7, 11) is 0. The number of furan rings is 1. The molecule has 1 saturated heterocycles. The number of hydrogen-bond acceptors (Lipinski definition) is 3. The van der Waals surface area contributed by atoms with Crippen molar-refractivity contribution >= 4 is 0 Å². The molecule has 20 heavy (non-hydrogen) atoms. The molecule has 0 radical (unpaired) electrons. The van der Waals surface area contributed by atoms with Crippen molar-refractivity contribution in [2.24, 2.45) is 0 Å². The Morgan fingerprint density at radius 3 is 2.60 bits per heavy atom. The van der Waals surface area contributed by atoms with Crippen LogP contribution in [0.3, 0.4) is 0 Å². The normalized spacial score (nSPS) is 24.4. The van der Waals surface area contributed by atoms with Gasteiger partial charge in [0.05, 0.1) is 13.1 Å². The lowest BCUT2D eigenvalue weighted by Gasteiger charge is -2.26. The molecule has 1 aromatic heterocycles. The zero-order valence-electron chi connectivity index (χ0n) is 13.7. The van der Waals surface area contributed by atoms with Crippen LogP contribution in [0.4, 0.5) is 0 Å².